The van der Waals surface area contributed by atoms with E-state index in [9.17, 15) is 13.2 Å². The minimum Gasteiger partial charge on any atom is -0.171 e. The van der Waals surface area contributed by atoms with Crippen LogP contribution in [-0.4, -0.2) is 6.18 Å². The Morgan fingerprint density at radius 2 is 0.554 bits per heavy atom. The molecule has 0 heterocycles. The maximum Gasteiger partial charge on any atom is 0.394 e. The van der Waals surface area contributed by atoms with E-state index >= 15 is 0 Å². The smallest absolute Gasteiger partial charge is 0.171 e. The summed E-state index contributed by atoms with van der Waals surface area (Å²) in [6, 6.07) is 39.7. The quantitative estimate of drug-likeness (QED) is 0.142. The molecular formula is C98H145F3. The van der Waals surface area contributed by atoms with Crippen LogP contribution in [0, 0.1) is 176 Å². The summed E-state index contributed by atoms with van der Waals surface area (Å²) in [4.78, 5) is 0. The van der Waals surface area contributed by atoms with Crippen molar-refractivity contribution in [2.45, 2.75) is 319 Å². The highest BCUT2D eigenvalue weighted by Gasteiger charge is 2.47. The largest absolute Gasteiger partial charge is 0.394 e. The second-order valence-electron chi connectivity index (χ2n) is 34.3. The summed E-state index contributed by atoms with van der Waals surface area (Å²) in [6.45, 7) is 83.7. The molecule has 0 spiro atoms. The monoisotopic (exact) mass is 1380 g/mol. The standard InChI is InChI=1S/C14H19F3.C14H22.3C13H20.C12H18.C10H14.C9H12/c1-9-6-12(7-10(2)11(9)3)8-13(4,5)14(15,16)17;1-10-7-13(9-14(4,5)6)8-11(2)12(10)3;1-9-7-12(13(4,5)6)8-10(2)11(9)3;1-9(2)6-13-7-10(3)12(5)11(4)8-13;1-9(2)12-7-6-8-13(10(3)4)11(12)5;1-8(2)12-6-9(3)11(5)10(4)7-12;1-7-5-8(2)10(4)9(3)6-7;1-7-5-4-6-8(2)9(7)3/h6-7H,8H2,1-5H3;7-8H,9H2,1-6H3;7-8H,1-6H3;7-9H,6H2,1-5H3;6-10H,1-5H3;6-8H,1-5H3;5-6H,1-4H3;4-6H,1-3H3. The molecule has 0 nitrogen and oxygen atoms in total. The van der Waals surface area contributed by atoms with E-state index in [-0.39, 0.29) is 11.8 Å². The Labute approximate surface area is 621 Å². The van der Waals surface area contributed by atoms with Crippen LogP contribution in [0.25, 0.3) is 0 Å². The van der Waals surface area contributed by atoms with Gasteiger partial charge in [-0.1, -0.05) is 226 Å². The van der Waals surface area contributed by atoms with Gasteiger partial charge < -0.3 is 0 Å². The number of hydrogen-bond donors (Lipinski definition) is 0. The summed E-state index contributed by atoms with van der Waals surface area (Å²) in [6.07, 6.45) is -1.78. The van der Waals surface area contributed by atoms with Crippen LogP contribution in [0.2, 0.25) is 0 Å². The first kappa shape index (κ1) is 92.6. The summed E-state index contributed by atoms with van der Waals surface area (Å²) >= 11 is 0. The summed E-state index contributed by atoms with van der Waals surface area (Å²) in [5.41, 5.74) is 40.1. The predicted molar refractivity (Wildman–Crippen MR) is 447 cm³/mol. The van der Waals surface area contributed by atoms with Crippen molar-refractivity contribution >= 4 is 0 Å². The molecule has 0 amide bonds. The van der Waals surface area contributed by atoms with Gasteiger partial charge in [-0.25, -0.2) is 0 Å². The maximum absolute atomic E-state index is 12.8. The second kappa shape index (κ2) is 40.6. The van der Waals surface area contributed by atoms with Crippen molar-refractivity contribution in [3.63, 3.8) is 0 Å². The first-order chi connectivity index (χ1) is 46.0. The van der Waals surface area contributed by atoms with E-state index in [0.717, 1.165) is 34.6 Å². The third-order valence-electron chi connectivity index (χ3n) is 20.8. The molecule has 0 aliphatic carbocycles. The Hall–Kier alpha value is -6.45. The van der Waals surface area contributed by atoms with Gasteiger partial charge in [0.15, 0.2) is 0 Å². The van der Waals surface area contributed by atoms with Crippen molar-refractivity contribution < 1.29 is 13.2 Å². The van der Waals surface area contributed by atoms with Crippen LogP contribution < -0.4 is 0 Å². The molecule has 0 aliphatic rings. The van der Waals surface area contributed by atoms with Crippen LogP contribution in [0.5, 0.6) is 0 Å². The second-order valence-corrected chi connectivity index (χ2v) is 34.3. The van der Waals surface area contributed by atoms with Crippen molar-refractivity contribution in [1.29, 1.82) is 0 Å². The molecule has 0 radical (unpaired) electrons. The van der Waals surface area contributed by atoms with Crippen molar-refractivity contribution in [2.24, 2.45) is 16.7 Å². The fourth-order valence-corrected chi connectivity index (χ4v) is 12.3. The molecule has 101 heavy (non-hydrogen) atoms. The third-order valence-corrected chi connectivity index (χ3v) is 20.8. The van der Waals surface area contributed by atoms with Crippen molar-refractivity contribution in [3.05, 3.63) is 276 Å². The molecule has 3 heteroatoms. The van der Waals surface area contributed by atoms with E-state index in [1.807, 2.05) is 32.9 Å². The fourth-order valence-electron chi connectivity index (χ4n) is 12.3. The first-order valence-corrected chi connectivity index (χ1v) is 37.6. The number of hydrogen-bond acceptors (Lipinski definition) is 0. The molecular weight excluding hydrogens is 1230 g/mol. The Morgan fingerprint density at radius 1 is 0.287 bits per heavy atom. The van der Waals surface area contributed by atoms with Gasteiger partial charge in [-0.3, -0.25) is 0 Å². The highest BCUT2D eigenvalue weighted by molar-refractivity contribution is 5.43. The van der Waals surface area contributed by atoms with Gasteiger partial charge in [-0.2, -0.15) is 13.2 Å². The van der Waals surface area contributed by atoms with Gasteiger partial charge in [0.05, 0.1) is 5.41 Å². The van der Waals surface area contributed by atoms with Crippen molar-refractivity contribution in [3.8, 4) is 0 Å². The van der Waals surface area contributed by atoms with Crippen LogP contribution in [0.4, 0.5) is 13.2 Å². The molecule has 0 saturated carbocycles. The van der Waals surface area contributed by atoms with Crippen LogP contribution in [0.15, 0.2) is 109 Å². The topological polar surface area (TPSA) is 0 Å². The highest BCUT2D eigenvalue weighted by atomic mass is 19.4. The summed E-state index contributed by atoms with van der Waals surface area (Å²) in [5.74, 6) is 2.67. The molecule has 0 aliphatic heterocycles. The Bertz CT molecular complexity index is 3720. The third kappa shape index (κ3) is 31.2. The highest BCUT2D eigenvalue weighted by Crippen LogP contribution is 2.41. The number of benzene rings is 8. The van der Waals surface area contributed by atoms with E-state index in [1.165, 1.54) is 165 Å². The molecule has 0 atom stereocenters. The van der Waals surface area contributed by atoms with Gasteiger partial charge in [-0.15, -0.1) is 0 Å². The molecule has 8 aromatic rings. The van der Waals surface area contributed by atoms with Crippen molar-refractivity contribution in [2.75, 3.05) is 0 Å². The van der Waals surface area contributed by atoms with E-state index in [1.54, 1.807) is 0 Å². The normalized spacial score (nSPS) is 11.3. The molecule has 0 unspecified atom stereocenters. The maximum atomic E-state index is 12.8. The van der Waals surface area contributed by atoms with Gasteiger partial charge >= 0.3 is 6.18 Å². The fraction of sp³-hybridized carbons (Fsp3) is 0.510. The van der Waals surface area contributed by atoms with Gasteiger partial charge in [0.1, 0.15) is 0 Å². The lowest BCUT2D eigenvalue weighted by Crippen LogP contribution is -2.34. The number of rotatable bonds is 8. The molecule has 0 bridgehead atoms. The zero-order chi connectivity index (χ0) is 78.5. The lowest BCUT2D eigenvalue weighted by molar-refractivity contribution is -0.211. The summed E-state index contributed by atoms with van der Waals surface area (Å²) in [7, 11) is 0. The SMILES string of the molecule is Cc1c(C(C)C)cccc1C(C)C.Cc1cc(C(C)(C)C)cc(C)c1C.Cc1cc(C(C)C)cc(C)c1C.Cc1cc(C)c(C)c(C)c1.Cc1cc(CC(C)(C)C(F)(F)F)cc(C)c1C.Cc1cc(CC(C)(C)C)cc(C)c1C.Cc1cc(CC(C)C)cc(C)c1C.Cc1cccc(C)c1C. The lowest BCUT2D eigenvalue weighted by Gasteiger charge is -2.28. The minimum absolute atomic E-state index is 0.0262. The van der Waals surface area contributed by atoms with Gasteiger partial charge in [0.2, 0.25) is 0 Å². The van der Waals surface area contributed by atoms with E-state index in [2.05, 4.69) is 332 Å². The van der Waals surface area contributed by atoms with E-state index in [4.69, 9.17) is 0 Å². The van der Waals surface area contributed by atoms with Gasteiger partial charge in [0, 0.05) is 0 Å². The number of aryl methyl sites for hydroxylation is 15. The Morgan fingerprint density at radius 3 is 0.822 bits per heavy atom. The molecule has 0 saturated heterocycles. The molecule has 0 aromatic heterocycles. The van der Waals surface area contributed by atoms with E-state index in [0.29, 0.717) is 23.2 Å². The molecule has 8 rings (SSSR count). The zero-order valence-corrected chi connectivity index (χ0v) is 72.0. The molecule has 8 aromatic carbocycles. The average Bonchev–Trinajstić information content (AvgIpc) is 0.820. The van der Waals surface area contributed by atoms with Gasteiger partial charge in [-0.05, 0) is 374 Å². The van der Waals surface area contributed by atoms with Crippen LogP contribution >= 0.6 is 0 Å². The van der Waals surface area contributed by atoms with Crippen LogP contribution in [0.3, 0.4) is 0 Å². The molecule has 558 valence electrons. The lowest BCUT2D eigenvalue weighted by atomic mass is 9.83. The predicted octanol–water partition coefficient (Wildman–Crippen LogP) is 30.2. The average molecular weight is 1380 g/mol. The van der Waals surface area contributed by atoms with Crippen LogP contribution in [0.1, 0.15) is 295 Å². The number of alkyl halides is 3. The van der Waals surface area contributed by atoms with Crippen LogP contribution in [-0.2, 0) is 24.7 Å². The van der Waals surface area contributed by atoms with Gasteiger partial charge in [0.25, 0.3) is 0 Å². The number of halogens is 3. The Balaban J connectivity index is 0.000000580. The Kier molecular flexibility index (Phi) is 37.2. The summed E-state index contributed by atoms with van der Waals surface area (Å²) < 4.78 is 38.4. The van der Waals surface area contributed by atoms with Crippen molar-refractivity contribution in [1.82, 2.24) is 0 Å². The molecule has 0 fully saturated rings. The minimum atomic E-state index is -4.17. The first-order valence-electron chi connectivity index (χ1n) is 37.6. The molecule has 0 N–H and O–H groups in total. The van der Waals surface area contributed by atoms with E-state index < -0.39 is 11.6 Å². The zero-order valence-electron chi connectivity index (χ0n) is 72.0. The summed E-state index contributed by atoms with van der Waals surface area (Å²) in [5, 5.41) is 0.